The van der Waals surface area contributed by atoms with E-state index in [1.54, 1.807) is 0 Å². The molecule has 68 valence electrons. The highest BCUT2D eigenvalue weighted by Crippen LogP contribution is 2.17. The number of nitrogens with zero attached hydrogens (tertiary/aromatic N) is 2. The van der Waals surface area contributed by atoms with E-state index in [0.717, 1.165) is 25.5 Å². The van der Waals surface area contributed by atoms with Crippen LogP contribution in [0.5, 0.6) is 0 Å². The largest absolute Gasteiger partial charge is 0.355 e. The van der Waals surface area contributed by atoms with E-state index in [1.165, 1.54) is 0 Å². The van der Waals surface area contributed by atoms with Crippen LogP contribution in [0.2, 0.25) is 0 Å². The number of amidine groups is 1. The minimum Gasteiger partial charge on any atom is -0.355 e. The van der Waals surface area contributed by atoms with Gasteiger partial charge in [-0.3, -0.25) is 4.99 Å². The topological polar surface area (TPSA) is 15.6 Å². The molecule has 0 N–H and O–H groups in total. The quantitative estimate of drug-likeness (QED) is 0.612. The summed E-state index contributed by atoms with van der Waals surface area (Å²) in [5.41, 5.74) is 0.341. The lowest BCUT2D eigenvalue weighted by molar-refractivity contribution is 0.290. The van der Waals surface area contributed by atoms with E-state index in [2.05, 4.69) is 37.2 Å². The first-order chi connectivity index (χ1) is 5.53. The normalized spacial score (nSPS) is 17.9. The molecule has 0 saturated carbocycles. The molecule has 12 heavy (non-hydrogen) atoms. The Bertz CT molecular complexity index is 198. The van der Waals surface area contributed by atoms with Crippen molar-refractivity contribution in [3.8, 4) is 0 Å². The van der Waals surface area contributed by atoms with Gasteiger partial charge in [-0.2, -0.15) is 0 Å². The van der Waals surface area contributed by atoms with Crippen LogP contribution in [0.3, 0.4) is 0 Å². The molecule has 0 saturated heterocycles. The summed E-state index contributed by atoms with van der Waals surface area (Å²) in [5, 5.41) is 0. The SMILES string of the molecule is C=CC1=NCCN1CC(C)(C)C. The third-order valence-corrected chi connectivity index (χ3v) is 1.82. The summed E-state index contributed by atoms with van der Waals surface area (Å²) in [5.74, 6) is 1.06. The molecule has 0 spiro atoms. The molecule has 1 aliphatic rings. The Morgan fingerprint density at radius 2 is 2.25 bits per heavy atom. The fourth-order valence-corrected chi connectivity index (χ4v) is 1.43. The van der Waals surface area contributed by atoms with Crippen LogP contribution >= 0.6 is 0 Å². The lowest BCUT2D eigenvalue weighted by Gasteiger charge is -2.27. The van der Waals surface area contributed by atoms with Crippen molar-refractivity contribution in [3.05, 3.63) is 12.7 Å². The monoisotopic (exact) mass is 166 g/mol. The second-order valence-corrected chi connectivity index (χ2v) is 4.43. The first kappa shape index (κ1) is 9.30. The predicted octanol–water partition coefficient (Wildman–Crippen LogP) is 1.93. The average molecular weight is 166 g/mol. The highest BCUT2D eigenvalue weighted by atomic mass is 15.2. The lowest BCUT2D eigenvalue weighted by atomic mass is 9.96. The maximum atomic E-state index is 4.34. The summed E-state index contributed by atoms with van der Waals surface area (Å²) in [7, 11) is 0. The zero-order chi connectivity index (χ0) is 9.19. The number of hydrogen-bond acceptors (Lipinski definition) is 2. The van der Waals surface area contributed by atoms with Crippen LogP contribution in [-0.4, -0.2) is 30.4 Å². The Labute approximate surface area is 75.0 Å². The van der Waals surface area contributed by atoms with Crippen LogP contribution < -0.4 is 0 Å². The van der Waals surface area contributed by atoms with Crippen molar-refractivity contribution in [2.45, 2.75) is 20.8 Å². The summed E-state index contributed by atoms with van der Waals surface area (Å²) in [6.07, 6.45) is 1.85. The van der Waals surface area contributed by atoms with Gasteiger partial charge in [0.05, 0.1) is 6.54 Å². The average Bonchev–Trinajstić information content (AvgIpc) is 2.31. The van der Waals surface area contributed by atoms with Gasteiger partial charge in [0.2, 0.25) is 0 Å². The highest BCUT2D eigenvalue weighted by Gasteiger charge is 2.20. The first-order valence-electron chi connectivity index (χ1n) is 4.45. The molecule has 0 bridgehead atoms. The van der Waals surface area contributed by atoms with Gasteiger partial charge in [0.1, 0.15) is 5.84 Å². The van der Waals surface area contributed by atoms with Gasteiger partial charge in [-0.15, -0.1) is 0 Å². The molecule has 0 fully saturated rings. The summed E-state index contributed by atoms with van der Waals surface area (Å²) in [6, 6.07) is 0. The van der Waals surface area contributed by atoms with Crippen molar-refractivity contribution in [1.82, 2.24) is 4.90 Å². The third-order valence-electron chi connectivity index (χ3n) is 1.82. The van der Waals surface area contributed by atoms with Crippen LogP contribution in [-0.2, 0) is 0 Å². The van der Waals surface area contributed by atoms with E-state index in [4.69, 9.17) is 0 Å². The molecular weight excluding hydrogens is 148 g/mol. The van der Waals surface area contributed by atoms with Gasteiger partial charge in [0.15, 0.2) is 0 Å². The molecule has 0 aromatic heterocycles. The Hall–Kier alpha value is -0.790. The van der Waals surface area contributed by atoms with Gasteiger partial charge in [-0.25, -0.2) is 0 Å². The molecule has 2 heteroatoms. The Morgan fingerprint density at radius 1 is 1.58 bits per heavy atom. The Balaban J connectivity index is 2.54. The molecule has 0 aromatic rings. The fraction of sp³-hybridized carbons (Fsp3) is 0.700. The van der Waals surface area contributed by atoms with E-state index in [1.807, 2.05) is 6.08 Å². The molecule has 0 atom stereocenters. The van der Waals surface area contributed by atoms with Crippen molar-refractivity contribution in [2.24, 2.45) is 10.4 Å². The van der Waals surface area contributed by atoms with Crippen molar-refractivity contribution < 1.29 is 0 Å². The van der Waals surface area contributed by atoms with Crippen molar-refractivity contribution in [3.63, 3.8) is 0 Å². The van der Waals surface area contributed by atoms with Gasteiger partial charge in [0, 0.05) is 13.1 Å². The van der Waals surface area contributed by atoms with Gasteiger partial charge in [0.25, 0.3) is 0 Å². The van der Waals surface area contributed by atoms with Crippen molar-refractivity contribution in [1.29, 1.82) is 0 Å². The second-order valence-electron chi connectivity index (χ2n) is 4.43. The highest BCUT2D eigenvalue weighted by molar-refractivity contribution is 5.93. The van der Waals surface area contributed by atoms with Crippen molar-refractivity contribution in [2.75, 3.05) is 19.6 Å². The minimum atomic E-state index is 0.341. The van der Waals surface area contributed by atoms with Gasteiger partial charge >= 0.3 is 0 Å². The molecule has 0 aromatic carbocycles. The van der Waals surface area contributed by atoms with E-state index in [-0.39, 0.29) is 0 Å². The molecule has 0 aliphatic carbocycles. The van der Waals surface area contributed by atoms with Crippen LogP contribution in [0.25, 0.3) is 0 Å². The molecule has 0 radical (unpaired) electrons. The molecule has 0 unspecified atom stereocenters. The summed E-state index contributed by atoms with van der Waals surface area (Å²) >= 11 is 0. The predicted molar refractivity (Wildman–Crippen MR) is 53.5 cm³/mol. The zero-order valence-corrected chi connectivity index (χ0v) is 8.30. The standard InChI is InChI=1S/C10H18N2/c1-5-9-11-6-7-12(9)8-10(2,3)4/h5H,1,6-8H2,2-4H3. The molecule has 0 amide bonds. The number of rotatable bonds is 2. The van der Waals surface area contributed by atoms with Crippen LogP contribution in [0, 0.1) is 5.41 Å². The summed E-state index contributed by atoms with van der Waals surface area (Å²) < 4.78 is 0. The molecule has 1 rings (SSSR count). The van der Waals surface area contributed by atoms with Crippen LogP contribution in [0.15, 0.2) is 17.6 Å². The van der Waals surface area contributed by atoms with Gasteiger partial charge in [-0.1, -0.05) is 27.4 Å². The Morgan fingerprint density at radius 3 is 2.75 bits per heavy atom. The first-order valence-corrected chi connectivity index (χ1v) is 4.45. The van der Waals surface area contributed by atoms with E-state index >= 15 is 0 Å². The second kappa shape index (κ2) is 3.30. The van der Waals surface area contributed by atoms with Crippen LogP contribution in [0.4, 0.5) is 0 Å². The van der Waals surface area contributed by atoms with E-state index in [0.29, 0.717) is 5.41 Å². The Kier molecular flexibility index (Phi) is 2.55. The van der Waals surface area contributed by atoms with E-state index < -0.39 is 0 Å². The van der Waals surface area contributed by atoms with Gasteiger partial charge < -0.3 is 4.90 Å². The summed E-state index contributed by atoms with van der Waals surface area (Å²) in [4.78, 5) is 6.64. The molecular formula is C10H18N2. The molecule has 1 aliphatic heterocycles. The minimum absolute atomic E-state index is 0.341. The molecule has 2 nitrogen and oxygen atoms in total. The lowest BCUT2D eigenvalue weighted by Crippen LogP contribution is -2.34. The smallest absolute Gasteiger partial charge is 0.122 e. The van der Waals surface area contributed by atoms with Crippen LogP contribution in [0.1, 0.15) is 20.8 Å². The third kappa shape index (κ3) is 2.36. The maximum absolute atomic E-state index is 4.34. The fourth-order valence-electron chi connectivity index (χ4n) is 1.43. The van der Waals surface area contributed by atoms with Gasteiger partial charge in [-0.05, 0) is 11.5 Å². The summed E-state index contributed by atoms with van der Waals surface area (Å²) in [6.45, 7) is 13.5. The number of aliphatic imine (C=N–C) groups is 1. The number of hydrogen-bond donors (Lipinski definition) is 0. The maximum Gasteiger partial charge on any atom is 0.122 e. The van der Waals surface area contributed by atoms with E-state index in [9.17, 15) is 0 Å². The molecule has 1 heterocycles. The van der Waals surface area contributed by atoms with Crippen molar-refractivity contribution >= 4 is 5.84 Å². The zero-order valence-electron chi connectivity index (χ0n) is 8.30.